The summed E-state index contributed by atoms with van der Waals surface area (Å²) in [6.45, 7) is 4.44. The summed E-state index contributed by atoms with van der Waals surface area (Å²) < 4.78 is 17.3. The Bertz CT molecular complexity index is 1090. The van der Waals surface area contributed by atoms with Gasteiger partial charge in [0.25, 0.3) is 0 Å². The van der Waals surface area contributed by atoms with E-state index in [0.717, 1.165) is 50.9 Å². The van der Waals surface area contributed by atoms with E-state index in [9.17, 15) is 9.90 Å². The number of likely N-dealkylation sites (tertiary alicyclic amines) is 1. The van der Waals surface area contributed by atoms with E-state index >= 15 is 0 Å². The van der Waals surface area contributed by atoms with E-state index in [2.05, 4.69) is 11.0 Å². The minimum Gasteiger partial charge on any atom is -0.508 e. The van der Waals surface area contributed by atoms with Crippen LogP contribution in [0.2, 0.25) is 0 Å². The van der Waals surface area contributed by atoms with Crippen LogP contribution in [-0.2, 0) is 11.2 Å². The lowest BCUT2D eigenvalue weighted by Crippen LogP contribution is -2.44. The van der Waals surface area contributed by atoms with Gasteiger partial charge in [0.2, 0.25) is 0 Å². The van der Waals surface area contributed by atoms with Crippen LogP contribution < -0.4 is 9.47 Å². The van der Waals surface area contributed by atoms with Crippen LogP contribution in [0, 0.1) is 17.2 Å². The standard InChI is InChI=1S/C27H31N3O5.2H2S/c28-15-21-3-6-25-26(14-21)35-24(18-33-25)16-29-10-7-19(8-11-29)9-12-30-22(17-34-27(30)32)13-20-1-4-23(31)5-2-20;;/h1-6,14,19,22,24,31H,7-13,16-18H2;2*1H2/t22-,24-;;/m0../s1. The number of piperidine rings is 1. The average Bonchev–Trinajstić information content (AvgIpc) is 3.23. The minimum absolute atomic E-state index is 0. The van der Waals surface area contributed by atoms with Gasteiger partial charge < -0.3 is 24.2 Å². The number of nitriles is 1. The smallest absolute Gasteiger partial charge is 0.410 e. The summed E-state index contributed by atoms with van der Waals surface area (Å²) >= 11 is 0. The van der Waals surface area contributed by atoms with E-state index in [4.69, 9.17) is 19.5 Å². The number of carbonyl (C=O) groups is 1. The zero-order valence-corrected chi connectivity index (χ0v) is 22.8. The summed E-state index contributed by atoms with van der Waals surface area (Å²) in [5.41, 5.74) is 1.66. The first-order chi connectivity index (χ1) is 17.1. The molecule has 0 radical (unpaired) electrons. The van der Waals surface area contributed by atoms with Gasteiger partial charge in [0.15, 0.2) is 11.5 Å². The summed E-state index contributed by atoms with van der Waals surface area (Å²) in [5, 5.41) is 18.6. The number of nitrogens with zero attached hydrogens (tertiary/aromatic N) is 3. The fraction of sp³-hybridized carbons (Fsp3) is 0.481. The minimum atomic E-state index is -0.222. The lowest BCUT2D eigenvalue weighted by Gasteiger charge is -2.36. The number of aromatic hydroxyl groups is 1. The molecule has 8 nitrogen and oxygen atoms in total. The Morgan fingerprint density at radius 2 is 1.76 bits per heavy atom. The van der Waals surface area contributed by atoms with Crippen LogP contribution in [0.1, 0.15) is 30.4 Å². The zero-order valence-electron chi connectivity index (χ0n) is 20.8. The van der Waals surface area contributed by atoms with Gasteiger partial charge in [-0.3, -0.25) is 4.90 Å². The van der Waals surface area contributed by atoms with Gasteiger partial charge in [-0.05, 0) is 74.5 Å². The van der Waals surface area contributed by atoms with Crippen molar-refractivity contribution in [2.24, 2.45) is 5.92 Å². The first-order valence-corrected chi connectivity index (χ1v) is 12.3. The van der Waals surface area contributed by atoms with E-state index in [0.29, 0.717) is 42.7 Å². The van der Waals surface area contributed by atoms with Crippen LogP contribution >= 0.6 is 27.0 Å². The maximum Gasteiger partial charge on any atom is 0.410 e. The summed E-state index contributed by atoms with van der Waals surface area (Å²) in [5.74, 6) is 2.17. The topological polar surface area (TPSA) is 95.3 Å². The second-order valence-corrected chi connectivity index (χ2v) is 9.65. The first kappa shape index (κ1) is 28.8. The second-order valence-electron chi connectivity index (χ2n) is 9.65. The number of hydrogen-bond donors (Lipinski definition) is 1. The molecule has 0 saturated carbocycles. The molecular weight excluding hydrogens is 510 g/mol. The van der Waals surface area contributed by atoms with Gasteiger partial charge in [-0.1, -0.05) is 12.1 Å². The number of carbonyl (C=O) groups excluding carboxylic acids is 1. The molecule has 0 unspecified atom stereocenters. The van der Waals surface area contributed by atoms with E-state index < -0.39 is 0 Å². The maximum absolute atomic E-state index is 12.3. The molecule has 3 aliphatic heterocycles. The van der Waals surface area contributed by atoms with E-state index in [1.165, 1.54) is 0 Å². The third kappa shape index (κ3) is 7.18. The predicted molar refractivity (Wildman–Crippen MR) is 149 cm³/mol. The molecule has 0 spiro atoms. The molecular formula is C27H35N3O5S2. The molecule has 1 amide bonds. The van der Waals surface area contributed by atoms with E-state index in [1.54, 1.807) is 30.3 Å². The summed E-state index contributed by atoms with van der Waals surface area (Å²) in [7, 11) is 0. The van der Waals surface area contributed by atoms with Crippen molar-refractivity contribution in [3.63, 3.8) is 0 Å². The lowest BCUT2D eigenvalue weighted by atomic mass is 9.93. The van der Waals surface area contributed by atoms with Crippen molar-refractivity contribution in [3.8, 4) is 23.3 Å². The van der Waals surface area contributed by atoms with Gasteiger partial charge >= 0.3 is 6.09 Å². The molecule has 2 saturated heterocycles. The molecule has 0 aromatic heterocycles. The van der Waals surface area contributed by atoms with Crippen LogP contribution in [0.25, 0.3) is 0 Å². The number of ether oxygens (including phenoxy) is 3. The number of amides is 1. The van der Waals surface area contributed by atoms with Gasteiger partial charge in [-0.25, -0.2) is 4.79 Å². The van der Waals surface area contributed by atoms with Gasteiger partial charge in [0, 0.05) is 19.2 Å². The second kappa shape index (κ2) is 13.2. The van der Waals surface area contributed by atoms with Gasteiger partial charge in [0.05, 0.1) is 17.7 Å². The van der Waals surface area contributed by atoms with Crippen molar-refractivity contribution in [2.75, 3.05) is 39.4 Å². The van der Waals surface area contributed by atoms with Crippen molar-refractivity contribution in [1.82, 2.24) is 9.80 Å². The highest BCUT2D eigenvalue weighted by molar-refractivity contribution is 7.59. The van der Waals surface area contributed by atoms with Crippen molar-refractivity contribution < 1.29 is 24.1 Å². The molecule has 0 aliphatic carbocycles. The fourth-order valence-electron chi connectivity index (χ4n) is 5.18. The molecule has 10 heteroatoms. The van der Waals surface area contributed by atoms with Gasteiger partial charge in [-0.2, -0.15) is 32.3 Å². The monoisotopic (exact) mass is 545 g/mol. The Morgan fingerprint density at radius 1 is 1.00 bits per heavy atom. The summed E-state index contributed by atoms with van der Waals surface area (Å²) in [6.07, 6.45) is 3.62. The number of fused-ring (bicyclic) bond motifs is 1. The molecule has 37 heavy (non-hydrogen) atoms. The molecule has 5 rings (SSSR count). The van der Waals surface area contributed by atoms with Crippen LogP contribution in [0.3, 0.4) is 0 Å². The van der Waals surface area contributed by atoms with E-state index in [-0.39, 0.29) is 51.0 Å². The quantitative estimate of drug-likeness (QED) is 0.566. The van der Waals surface area contributed by atoms with Crippen molar-refractivity contribution in [1.29, 1.82) is 5.26 Å². The number of phenolic OH excluding ortho intramolecular Hbond substituents is 1. The number of phenols is 1. The number of cyclic esters (lactones) is 1. The highest BCUT2D eigenvalue weighted by Gasteiger charge is 2.34. The van der Waals surface area contributed by atoms with Crippen LogP contribution in [0.4, 0.5) is 4.79 Å². The number of hydrogen-bond acceptors (Lipinski definition) is 7. The lowest BCUT2D eigenvalue weighted by molar-refractivity contribution is 0.0465. The fourth-order valence-corrected chi connectivity index (χ4v) is 5.18. The Morgan fingerprint density at radius 3 is 2.49 bits per heavy atom. The SMILES string of the molecule is N#Cc1ccc2c(c1)O[C@@H](CN1CCC(CCN3C(=O)OC[C@@H]3Cc3ccc(O)cc3)CC1)CO2.S.S. The van der Waals surface area contributed by atoms with Crippen LogP contribution in [0.5, 0.6) is 17.2 Å². The Labute approximate surface area is 232 Å². The zero-order chi connectivity index (χ0) is 24.2. The molecule has 1 N–H and O–H groups in total. The average molecular weight is 546 g/mol. The van der Waals surface area contributed by atoms with Gasteiger partial charge in [-0.15, -0.1) is 0 Å². The van der Waals surface area contributed by atoms with Crippen LogP contribution in [0.15, 0.2) is 42.5 Å². The van der Waals surface area contributed by atoms with E-state index in [1.807, 2.05) is 17.0 Å². The molecule has 3 heterocycles. The number of benzene rings is 2. The third-order valence-electron chi connectivity index (χ3n) is 7.22. The first-order valence-electron chi connectivity index (χ1n) is 12.3. The molecule has 2 aromatic rings. The highest BCUT2D eigenvalue weighted by atomic mass is 32.1. The van der Waals surface area contributed by atoms with Crippen molar-refractivity contribution in [3.05, 3.63) is 53.6 Å². The summed E-state index contributed by atoms with van der Waals surface area (Å²) in [4.78, 5) is 16.6. The Hall–Kier alpha value is -2.74. The molecule has 2 atom stereocenters. The van der Waals surface area contributed by atoms with Gasteiger partial charge in [0.1, 0.15) is 25.1 Å². The predicted octanol–water partition coefficient (Wildman–Crippen LogP) is 3.79. The molecule has 3 aliphatic rings. The third-order valence-corrected chi connectivity index (χ3v) is 7.22. The summed E-state index contributed by atoms with van der Waals surface area (Å²) in [6, 6.07) is 14.6. The molecule has 2 fully saturated rings. The Balaban J connectivity index is 0.00000190. The normalized spacial score (nSPS) is 21.4. The van der Waals surface area contributed by atoms with Crippen LogP contribution in [-0.4, -0.2) is 72.5 Å². The van der Waals surface area contributed by atoms with Crippen molar-refractivity contribution >= 4 is 33.1 Å². The highest BCUT2D eigenvalue weighted by Crippen LogP contribution is 2.33. The maximum atomic E-state index is 12.3. The molecule has 200 valence electrons. The Kier molecular flexibility index (Phi) is 10.3. The largest absolute Gasteiger partial charge is 0.508 e. The molecule has 0 bridgehead atoms. The number of rotatable bonds is 7. The van der Waals surface area contributed by atoms with Crippen molar-refractivity contribution in [2.45, 2.75) is 37.8 Å². The molecule has 2 aromatic carbocycles.